The van der Waals surface area contributed by atoms with Crippen LogP contribution in [0.5, 0.6) is 11.5 Å². The molecule has 146 valence electrons. The molecule has 0 fully saturated rings. The molecule has 28 heavy (non-hydrogen) atoms. The highest BCUT2D eigenvalue weighted by Gasteiger charge is 2.48. The molecule has 2 aromatic rings. The fourth-order valence-corrected chi connectivity index (χ4v) is 2.56. The van der Waals surface area contributed by atoms with Crippen LogP contribution in [-0.4, -0.2) is 36.6 Å². The number of carbonyl (C=O) groups is 3. The third-order valence-corrected chi connectivity index (χ3v) is 4.04. The summed E-state index contributed by atoms with van der Waals surface area (Å²) in [6, 6.07) is 13.7. The van der Waals surface area contributed by atoms with Crippen molar-refractivity contribution >= 4 is 29.2 Å². The smallest absolute Gasteiger partial charge is 0.360 e. The summed E-state index contributed by atoms with van der Waals surface area (Å²) in [6.45, 7) is 2.93. The SMILES string of the molecule is CCOC(=O)[C@@]1(C)Oc2cc(NC(=O)COc3ccccc3)ccc2NC1=O. The van der Waals surface area contributed by atoms with Gasteiger partial charge in [-0.3, -0.25) is 9.59 Å². The molecule has 2 N–H and O–H groups in total. The van der Waals surface area contributed by atoms with Gasteiger partial charge in [-0.1, -0.05) is 18.2 Å². The van der Waals surface area contributed by atoms with E-state index >= 15 is 0 Å². The van der Waals surface area contributed by atoms with Crippen molar-refractivity contribution in [2.45, 2.75) is 19.4 Å². The average Bonchev–Trinajstić information content (AvgIpc) is 2.68. The Balaban J connectivity index is 1.68. The molecule has 0 aromatic heterocycles. The first-order valence-corrected chi connectivity index (χ1v) is 8.72. The lowest BCUT2D eigenvalue weighted by molar-refractivity contribution is -0.165. The van der Waals surface area contributed by atoms with Gasteiger partial charge >= 0.3 is 5.97 Å². The number of hydrogen-bond donors (Lipinski definition) is 2. The first kappa shape index (κ1) is 19.2. The fraction of sp³-hybridized carbons (Fsp3) is 0.250. The molecule has 1 aliphatic heterocycles. The minimum atomic E-state index is -1.80. The predicted octanol–water partition coefficient (Wildman–Crippen LogP) is 2.36. The van der Waals surface area contributed by atoms with Gasteiger partial charge in [0.15, 0.2) is 6.61 Å². The Morgan fingerprint density at radius 2 is 1.93 bits per heavy atom. The molecule has 0 unspecified atom stereocenters. The van der Waals surface area contributed by atoms with Crippen LogP contribution in [0.4, 0.5) is 11.4 Å². The molecule has 0 saturated heterocycles. The van der Waals surface area contributed by atoms with Gasteiger partial charge in [0.25, 0.3) is 17.4 Å². The summed E-state index contributed by atoms with van der Waals surface area (Å²) in [5, 5.41) is 5.30. The summed E-state index contributed by atoms with van der Waals surface area (Å²) in [5.41, 5.74) is -0.977. The molecule has 1 atom stereocenters. The van der Waals surface area contributed by atoms with Crippen LogP contribution < -0.4 is 20.1 Å². The van der Waals surface area contributed by atoms with Crippen molar-refractivity contribution in [1.82, 2.24) is 0 Å². The van der Waals surface area contributed by atoms with Gasteiger partial charge in [0.2, 0.25) is 0 Å². The number of benzene rings is 2. The van der Waals surface area contributed by atoms with Crippen LogP contribution in [0, 0.1) is 0 Å². The summed E-state index contributed by atoms with van der Waals surface area (Å²) < 4.78 is 16.0. The lowest BCUT2D eigenvalue weighted by Crippen LogP contribution is -2.55. The standard InChI is InChI=1S/C20H20N2O6/c1-3-26-19(25)20(2)18(24)22-15-10-9-13(11-16(15)28-20)21-17(23)12-27-14-7-5-4-6-8-14/h4-11H,3,12H2,1-2H3,(H,21,23)(H,22,24)/t20-/m0/s1. The Labute approximate surface area is 161 Å². The van der Waals surface area contributed by atoms with E-state index in [2.05, 4.69) is 10.6 Å². The Kier molecular flexibility index (Phi) is 5.49. The summed E-state index contributed by atoms with van der Waals surface area (Å²) in [4.78, 5) is 36.5. The van der Waals surface area contributed by atoms with Gasteiger partial charge in [-0.05, 0) is 38.1 Å². The van der Waals surface area contributed by atoms with E-state index in [-0.39, 0.29) is 24.9 Å². The van der Waals surface area contributed by atoms with E-state index < -0.39 is 17.5 Å². The second kappa shape index (κ2) is 7.99. The highest BCUT2D eigenvalue weighted by atomic mass is 16.6. The lowest BCUT2D eigenvalue weighted by Gasteiger charge is -2.32. The maximum Gasteiger partial charge on any atom is 0.360 e. The number of amides is 2. The second-order valence-corrected chi connectivity index (χ2v) is 6.17. The average molecular weight is 384 g/mol. The van der Waals surface area contributed by atoms with Gasteiger partial charge in [-0.25, -0.2) is 4.79 Å². The van der Waals surface area contributed by atoms with Crippen LogP contribution in [0.25, 0.3) is 0 Å². The zero-order valence-electron chi connectivity index (χ0n) is 15.5. The molecule has 0 spiro atoms. The third-order valence-electron chi connectivity index (χ3n) is 4.04. The largest absolute Gasteiger partial charge is 0.484 e. The third kappa shape index (κ3) is 4.06. The molecule has 0 saturated carbocycles. The molecule has 0 bridgehead atoms. The van der Waals surface area contributed by atoms with Crippen LogP contribution in [0.1, 0.15) is 13.8 Å². The maximum atomic E-state index is 12.3. The van der Waals surface area contributed by atoms with Crippen LogP contribution in [0.2, 0.25) is 0 Å². The van der Waals surface area contributed by atoms with Crippen LogP contribution >= 0.6 is 0 Å². The van der Waals surface area contributed by atoms with E-state index in [9.17, 15) is 14.4 Å². The van der Waals surface area contributed by atoms with Crippen molar-refractivity contribution in [3.8, 4) is 11.5 Å². The number of para-hydroxylation sites is 1. The maximum absolute atomic E-state index is 12.3. The van der Waals surface area contributed by atoms with Gasteiger partial charge in [0, 0.05) is 11.8 Å². The number of hydrogen-bond acceptors (Lipinski definition) is 6. The zero-order chi connectivity index (χ0) is 20.1. The van der Waals surface area contributed by atoms with Crippen molar-refractivity contribution < 1.29 is 28.6 Å². The normalized spacial score (nSPS) is 17.6. The number of nitrogens with one attached hydrogen (secondary N) is 2. The highest BCUT2D eigenvalue weighted by Crippen LogP contribution is 2.36. The quantitative estimate of drug-likeness (QED) is 0.585. The zero-order valence-corrected chi connectivity index (χ0v) is 15.5. The summed E-state index contributed by atoms with van der Waals surface area (Å²) in [5.74, 6) is -0.941. The van der Waals surface area contributed by atoms with Gasteiger partial charge in [-0.15, -0.1) is 0 Å². The molecule has 8 heteroatoms. The van der Waals surface area contributed by atoms with E-state index in [1.807, 2.05) is 18.2 Å². The topological polar surface area (TPSA) is 103 Å². The highest BCUT2D eigenvalue weighted by molar-refractivity contribution is 6.14. The van der Waals surface area contributed by atoms with E-state index in [1.54, 1.807) is 31.2 Å². The van der Waals surface area contributed by atoms with E-state index in [0.717, 1.165) is 0 Å². The molecule has 1 heterocycles. The van der Waals surface area contributed by atoms with Gasteiger partial charge in [0.05, 0.1) is 12.3 Å². The monoisotopic (exact) mass is 384 g/mol. The molecule has 3 rings (SSSR count). The van der Waals surface area contributed by atoms with Gasteiger partial charge in [0.1, 0.15) is 11.5 Å². The predicted molar refractivity (Wildman–Crippen MR) is 101 cm³/mol. The molecule has 0 radical (unpaired) electrons. The Bertz CT molecular complexity index is 899. The molecule has 8 nitrogen and oxygen atoms in total. The van der Waals surface area contributed by atoms with Crippen LogP contribution in [0.15, 0.2) is 48.5 Å². The van der Waals surface area contributed by atoms with Crippen molar-refractivity contribution in [3.05, 3.63) is 48.5 Å². The second-order valence-electron chi connectivity index (χ2n) is 6.17. The number of fused-ring (bicyclic) bond motifs is 1. The lowest BCUT2D eigenvalue weighted by atomic mass is 10.0. The Morgan fingerprint density at radius 3 is 2.64 bits per heavy atom. The number of ether oxygens (including phenoxy) is 3. The number of esters is 1. The van der Waals surface area contributed by atoms with E-state index in [1.165, 1.54) is 13.0 Å². The fourth-order valence-electron chi connectivity index (χ4n) is 2.56. The minimum Gasteiger partial charge on any atom is -0.484 e. The number of rotatable bonds is 6. The summed E-state index contributed by atoms with van der Waals surface area (Å²) in [7, 11) is 0. The van der Waals surface area contributed by atoms with E-state index in [4.69, 9.17) is 14.2 Å². The minimum absolute atomic E-state index is 0.120. The Hall–Kier alpha value is -3.55. The van der Waals surface area contributed by atoms with E-state index in [0.29, 0.717) is 17.1 Å². The van der Waals surface area contributed by atoms with Crippen molar-refractivity contribution in [2.24, 2.45) is 0 Å². The molecule has 2 amide bonds. The molecule has 0 aliphatic carbocycles. The summed E-state index contributed by atoms with van der Waals surface area (Å²) in [6.07, 6.45) is 0. The molecular weight excluding hydrogens is 364 g/mol. The Morgan fingerprint density at radius 1 is 1.18 bits per heavy atom. The molecular formula is C20H20N2O6. The number of anilines is 2. The van der Waals surface area contributed by atoms with Crippen LogP contribution in [-0.2, 0) is 19.1 Å². The first-order chi connectivity index (χ1) is 13.4. The van der Waals surface area contributed by atoms with Crippen molar-refractivity contribution in [1.29, 1.82) is 0 Å². The van der Waals surface area contributed by atoms with Crippen LogP contribution in [0.3, 0.4) is 0 Å². The molecule has 1 aliphatic rings. The first-order valence-electron chi connectivity index (χ1n) is 8.72. The van der Waals surface area contributed by atoms with Crippen molar-refractivity contribution in [2.75, 3.05) is 23.8 Å². The number of carbonyl (C=O) groups excluding carboxylic acids is 3. The van der Waals surface area contributed by atoms with Crippen molar-refractivity contribution in [3.63, 3.8) is 0 Å². The summed E-state index contributed by atoms with van der Waals surface area (Å²) >= 11 is 0. The van der Waals surface area contributed by atoms with Gasteiger partial charge in [-0.2, -0.15) is 0 Å². The van der Waals surface area contributed by atoms with Gasteiger partial charge < -0.3 is 24.8 Å². The molecule has 2 aromatic carbocycles.